The third kappa shape index (κ3) is 5.88. The van der Waals surface area contributed by atoms with Crippen molar-refractivity contribution in [2.24, 2.45) is 0 Å². The summed E-state index contributed by atoms with van der Waals surface area (Å²) in [6.45, 7) is 3.45. The molecule has 0 amide bonds. The lowest BCUT2D eigenvalue weighted by molar-refractivity contribution is -0.0627. The summed E-state index contributed by atoms with van der Waals surface area (Å²) in [5.41, 5.74) is 0. The SMILES string of the molecule is OC(COCc1ccco1)CN1CCC(OC2CCCCC2)CC1. The predicted octanol–water partition coefficient (Wildman–Crippen LogP) is 2.97. The van der Waals surface area contributed by atoms with Gasteiger partial charge >= 0.3 is 0 Å². The fourth-order valence-electron chi connectivity index (χ4n) is 3.74. The van der Waals surface area contributed by atoms with Gasteiger partial charge in [-0.1, -0.05) is 19.3 Å². The van der Waals surface area contributed by atoms with Crippen molar-refractivity contribution in [3.05, 3.63) is 24.2 Å². The third-order valence-electron chi connectivity index (χ3n) is 5.08. The van der Waals surface area contributed by atoms with Crippen LogP contribution in [-0.2, 0) is 16.1 Å². The first-order chi connectivity index (χ1) is 11.8. The van der Waals surface area contributed by atoms with E-state index in [-0.39, 0.29) is 0 Å². The Balaban J connectivity index is 1.27. The molecule has 1 aliphatic carbocycles. The van der Waals surface area contributed by atoms with Gasteiger partial charge in [-0.3, -0.25) is 0 Å². The average Bonchev–Trinajstić information content (AvgIpc) is 3.11. The van der Waals surface area contributed by atoms with Gasteiger partial charge < -0.3 is 23.9 Å². The molecule has 1 saturated heterocycles. The Morgan fingerprint density at radius 1 is 1.12 bits per heavy atom. The second kappa shape index (κ2) is 9.56. The summed E-state index contributed by atoms with van der Waals surface area (Å²) in [7, 11) is 0. The highest BCUT2D eigenvalue weighted by Crippen LogP contribution is 2.24. The van der Waals surface area contributed by atoms with Gasteiger partial charge in [-0.05, 0) is 37.8 Å². The number of hydrogen-bond donors (Lipinski definition) is 1. The number of hydrogen-bond acceptors (Lipinski definition) is 5. The standard InChI is InChI=1S/C19H31NO4/c21-16(14-22-15-19-7-4-12-23-19)13-20-10-8-18(9-11-20)24-17-5-2-1-3-6-17/h4,7,12,16-18,21H,1-3,5-6,8-11,13-15H2. The van der Waals surface area contributed by atoms with Gasteiger partial charge in [0.15, 0.2) is 0 Å². The summed E-state index contributed by atoms with van der Waals surface area (Å²) < 4.78 is 17.0. The fraction of sp³-hybridized carbons (Fsp3) is 0.789. The van der Waals surface area contributed by atoms with Crippen LogP contribution in [0.1, 0.15) is 50.7 Å². The Bertz CT molecular complexity index is 436. The third-order valence-corrected chi connectivity index (χ3v) is 5.08. The number of likely N-dealkylation sites (tertiary alicyclic amines) is 1. The van der Waals surface area contributed by atoms with Gasteiger partial charge in [-0.2, -0.15) is 0 Å². The molecule has 0 bridgehead atoms. The van der Waals surface area contributed by atoms with Crippen molar-refractivity contribution >= 4 is 0 Å². The summed E-state index contributed by atoms with van der Waals surface area (Å²) >= 11 is 0. The van der Waals surface area contributed by atoms with Crippen LogP contribution < -0.4 is 0 Å². The normalized spacial score (nSPS) is 22.7. The van der Waals surface area contributed by atoms with Crippen molar-refractivity contribution in [3.8, 4) is 0 Å². The highest BCUT2D eigenvalue weighted by atomic mass is 16.5. The number of nitrogens with zero attached hydrogens (tertiary/aromatic N) is 1. The van der Waals surface area contributed by atoms with Gasteiger partial charge in [0.2, 0.25) is 0 Å². The predicted molar refractivity (Wildman–Crippen MR) is 91.8 cm³/mol. The van der Waals surface area contributed by atoms with Crippen LogP contribution in [0.25, 0.3) is 0 Å². The molecule has 1 aromatic rings. The highest BCUT2D eigenvalue weighted by Gasteiger charge is 2.24. The van der Waals surface area contributed by atoms with E-state index in [9.17, 15) is 5.11 Å². The number of piperidine rings is 1. The minimum absolute atomic E-state index is 0.346. The minimum Gasteiger partial charge on any atom is -0.467 e. The van der Waals surface area contributed by atoms with Crippen LogP contribution in [0.3, 0.4) is 0 Å². The molecular formula is C19H31NO4. The topological polar surface area (TPSA) is 55.1 Å². The largest absolute Gasteiger partial charge is 0.467 e. The van der Waals surface area contributed by atoms with E-state index < -0.39 is 6.10 Å². The molecule has 1 atom stereocenters. The van der Waals surface area contributed by atoms with E-state index in [4.69, 9.17) is 13.9 Å². The lowest BCUT2D eigenvalue weighted by Crippen LogP contribution is -2.43. The van der Waals surface area contributed by atoms with E-state index >= 15 is 0 Å². The molecule has 5 nitrogen and oxygen atoms in total. The molecule has 1 saturated carbocycles. The molecule has 0 aromatic carbocycles. The van der Waals surface area contributed by atoms with Gasteiger partial charge in [0.1, 0.15) is 12.4 Å². The first-order valence-electron chi connectivity index (χ1n) is 9.45. The van der Waals surface area contributed by atoms with Crippen molar-refractivity contribution in [3.63, 3.8) is 0 Å². The number of β-amino-alcohol motifs (C(OH)–C–C–N with tert-alkyl or cyclic N) is 1. The molecular weight excluding hydrogens is 306 g/mol. The van der Waals surface area contributed by atoms with Crippen molar-refractivity contribution in [2.45, 2.75) is 69.9 Å². The average molecular weight is 337 g/mol. The summed E-state index contributed by atoms with van der Waals surface area (Å²) in [5, 5.41) is 10.1. The second-order valence-corrected chi connectivity index (χ2v) is 7.14. The lowest BCUT2D eigenvalue weighted by atomic mass is 9.97. The Kier molecular flexibility index (Phi) is 7.14. The van der Waals surface area contributed by atoms with Gasteiger partial charge in [0.05, 0.1) is 31.2 Å². The zero-order chi connectivity index (χ0) is 16.6. The number of ether oxygens (including phenoxy) is 2. The van der Waals surface area contributed by atoms with Crippen molar-refractivity contribution < 1.29 is 19.0 Å². The Hall–Kier alpha value is -0.880. The Labute approximate surface area is 144 Å². The zero-order valence-corrected chi connectivity index (χ0v) is 14.6. The van der Waals surface area contributed by atoms with Crippen LogP contribution in [0.15, 0.2) is 22.8 Å². The number of aliphatic hydroxyl groups excluding tert-OH is 1. The van der Waals surface area contributed by atoms with E-state index in [1.807, 2.05) is 12.1 Å². The zero-order valence-electron chi connectivity index (χ0n) is 14.6. The van der Waals surface area contributed by atoms with Crippen LogP contribution in [0, 0.1) is 0 Å². The van der Waals surface area contributed by atoms with E-state index in [0.29, 0.717) is 32.0 Å². The van der Waals surface area contributed by atoms with Crippen LogP contribution in [0.2, 0.25) is 0 Å². The number of furan rings is 1. The van der Waals surface area contributed by atoms with Gasteiger partial charge in [0.25, 0.3) is 0 Å². The molecule has 2 fully saturated rings. The Morgan fingerprint density at radius 3 is 2.58 bits per heavy atom. The van der Waals surface area contributed by atoms with Gasteiger partial charge in [0, 0.05) is 19.6 Å². The summed E-state index contributed by atoms with van der Waals surface area (Å²) in [4.78, 5) is 2.32. The van der Waals surface area contributed by atoms with Crippen LogP contribution in [-0.4, -0.2) is 54.6 Å². The molecule has 24 heavy (non-hydrogen) atoms. The molecule has 1 N–H and O–H groups in total. The maximum absolute atomic E-state index is 10.1. The smallest absolute Gasteiger partial charge is 0.129 e. The van der Waals surface area contributed by atoms with E-state index in [1.54, 1.807) is 6.26 Å². The molecule has 3 rings (SSSR count). The van der Waals surface area contributed by atoms with E-state index in [0.717, 1.165) is 31.7 Å². The molecule has 136 valence electrons. The van der Waals surface area contributed by atoms with Crippen LogP contribution >= 0.6 is 0 Å². The monoisotopic (exact) mass is 337 g/mol. The maximum Gasteiger partial charge on any atom is 0.129 e. The Morgan fingerprint density at radius 2 is 1.88 bits per heavy atom. The second-order valence-electron chi connectivity index (χ2n) is 7.14. The first-order valence-corrected chi connectivity index (χ1v) is 9.45. The molecule has 5 heteroatoms. The van der Waals surface area contributed by atoms with Gasteiger partial charge in [-0.25, -0.2) is 0 Å². The van der Waals surface area contributed by atoms with Crippen molar-refractivity contribution in [1.29, 1.82) is 0 Å². The number of aliphatic hydroxyl groups is 1. The maximum atomic E-state index is 10.1. The molecule has 2 aliphatic rings. The summed E-state index contributed by atoms with van der Waals surface area (Å²) in [6, 6.07) is 3.72. The highest BCUT2D eigenvalue weighted by molar-refractivity contribution is 4.96. The lowest BCUT2D eigenvalue weighted by Gasteiger charge is -2.35. The van der Waals surface area contributed by atoms with Crippen LogP contribution in [0.4, 0.5) is 0 Å². The van der Waals surface area contributed by atoms with Crippen molar-refractivity contribution in [1.82, 2.24) is 4.90 Å². The first kappa shape index (κ1) is 17.9. The summed E-state index contributed by atoms with van der Waals surface area (Å²) in [6.07, 6.45) is 10.8. The fourth-order valence-corrected chi connectivity index (χ4v) is 3.74. The molecule has 0 radical (unpaired) electrons. The van der Waals surface area contributed by atoms with Crippen molar-refractivity contribution in [2.75, 3.05) is 26.2 Å². The molecule has 1 unspecified atom stereocenters. The molecule has 1 aromatic heterocycles. The molecule has 0 spiro atoms. The summed E-state index contributed by atoms with van der Waals surface area (Å²) in [5.74, 6) is 0.794. The minimum atomic E-state index is -0.448. The quantitative estimate of drug-likeness (QED) is 0.790. The van der Waals surface area contributed by atoms with Gasteiger partial charge in [-0.15, -0.1) is 0 Å². The molecule has 1 aliphatic heterocycles. The van der Waals surface area contributed by atoms with Crippen LogP contribution in [0.5, 0.6) is 0 Å². The van der Waals surface area contributed by atoms with E-state index in [2.05, 4.69) is 4.90 Å². The van der Waals surface area contributed by atoms with E-state index in [1.165, 1.54) is 32.1 Å². The molecule has 2 heterocycles. The number of rotatable bonds is 8.